The molecule has 0 aliphatic heterocycles. The minimum Gasteiger partial charge on any atom is -0.245 e. The third kappa shape index (κ3) is 4.70. The van der Waals surface area contributed by atoms with E-state index in [0.717, 1.165) is 0 Å². The Morgan fingerprint density at radius 2 is 0.771 bits per heavy atom. The second-order valence-electron chi connectivity index (χ2n) is 6.28. The van der Waals surface area contributed by atoms with E-state index >= 15 is 0 Å². The van der Waals surface area contributed by atoms with Gasteiger partial charge in [-0.15, -0.1) is 6.58 Å². The summed E-state index contributed by atoms with van der Waals surface area (Å²) in [5.41, 5.74) is 0. The van der Waals surface area contributed by atoms with Crippen LogP contribution in [0.1, 0.15) is 6.42 Å². The van der Waals surface area contributed by atoms with Crippen molar-refractivity contribution in [3.63, 3.8) is 0 Å². The Balaban J connectivity index is 6.78. The third-order valence-electron chi connectivity index (χ3n) is 3.78. The van der Waals surface area contributed by atoms with Crippen LogP contribution >= 0.6 is 11.6 Å². The molecule has 0 spiro atoms. The topological polar surface area (TPSA) is 9.23 Å². The Morgan fingerprint density at radius 3 is 1.06 bits per heavy atom. The third-order valence-corrected chi connectivity index (χ3v) is 4.01. The molecule has 0 unspecified atom stereocenters. The predicted octanol–water partition coefficient (Wildman–Crippen LogP) is 8.04. The Bertz CT molecular complexity index is 780. The number of hydrogen-bond donors (Lipinski definition) is 0. The molecule has 0 aliphatic carbocycles. The molecule has 35 heavy (non-hydrogen) atoms. The summed E-state index contributed by atoms with van der Waals surface area (Å²) in [7, 11) is 0. The van der Waals surface area contributed by atoms with Crippen LogP contribution < -0.4 is 0 Å². The molecule has 0 saturated carbocycles. The van der Waals surface area contributed by atoms with Crippen LogP contribution in [0.5, 0.6) is 0 Å². The van der Waals surface area contributed by atoms with E-state index < -0.39 is 65.5 Å². The molecule has 0 amide bonds. The Kier molecular flexibility index (Phi) is 8.23. The Hall–Kier alpha value is -1.41. The van der Waals surface area contributed by atoms with Gasteiger partial charge in [0.05, 0.1) is 0 Å². The molecule has 0 saturated heterocycles. The molecule has 0 aliphatic rings. The van der Waals surface area contributed by atoms with Crippen LogP contribution in [0.25, 0.3) is 0 Å². The Labute approximate surface area is 183 Å². The highest BCUT2D eigenvalue weighted by molar-refractivity contribution is 6.22. The van der Waals surface area contributed by atoms with Gasteiger partial charge in [0, 0.05) is 6.42 Å². The summed E-state index contributed by atoms with van der Waals surface area (Å²) in [4.78, 5) is 0. The zero-order chi connectivity index (χ0) is 29.1. The van der Waals surface area contributed by atoms with Gasteiger partial charge in [0.15, 0.2) is 0 Å². The highest BCUT2D eigenvalue weighted by Crippen LogP contribution is 2.64. The molecule has 0 rings (SSSR count). The lowest BCUT2D eigenvalue weighted by atomic mass is 9.91. The molecule has 0 heterocycles. The van der Waals surface area contributed by atoms with Gasteiger partial charge >= 0.3 is 59.1 Å². The summed E-state index contributed by atoms with van der Waals surface area (Å²) < 4.78 is 264. The smallest absolute Gasteiger partial charge is 0.245 e. The molecule has 0 radical (unpaired) electrons. The molecule has 0 fully saturated rings. The van der Waals surface area contributed by atoms with E-state index in [1.807, 2.05) is 0 Å². The maximum absolute atomic E-state index is 13.4. The largest absolute Gasteiger partial charge is 0.430 e. The molecule has 0 aromatic carbocycles. The molecule has 210 valence electrons. The van der Waals surface area contributed by atoms with Crippen LogP contribution in [-0.4, -0.2) is 59.1 Å². The quantitative estimate of drug-likeness (QED) is 0.127. The van der Waals surface area contributed by atoms with Crippen molar-refractivity contribution >= 4 is 11.6 Å². The van der Waals surface area contributed by atoms with Crippen LogP contribution in [0, 0.1) is 0 Å². The van der Waals surface area contributed by atoms with E-state index in [1.54, 1.807) is 0 Å². The van der Waals surface area contributed by atoms with Gasteiger partial charge in [-0.25, -0.2) is 4.74 Å². The SMILES string of the molecule is C=CCC(F)(F)C(F)(F)OC(F)(F)C(F)(F)C(F)(F)C(F)(F)C(F)(F)C(F)(F)C(F)(F)C(F)(F)Cl. The van der Waals surface area contributed by atoms with Crippen LogP contribution in [0.4, 0.5) is 87.8 Å². The summed E-state index contributed by atoms with van der Waals surface area (Å²) in [6.45, 7) is 2.36. The van der Waals surface area contributed by atoms with Crippen LogP contribution in [-0.2, 0) is 4.74 Å². The van der Waals surface area contributed by atoms with Crippen molar-refractivity contribution in [3.05, 3.63) is 12.7 Å². The first-order valence-electron chi connectivity index (χ1n) is 7.55. The summed E-state index contributed by atoms with van der Waals surface area (Å²) >= 11 is 3.30. The van der Waals surface area contributed by atoms with Gasteiger partial charge in [0.2, 0.25) is 0 Å². The van der Waals surface area contributed by atoms with Crippen molar-refractivity contribution in [3.8, 4) is 0 Å². The molecule has 22 heteroatoms. The molecular weight excluding hydrogens is 588 g/mol. The Morgan fingerprint density at radius 1 is 0.486 bits per heavy atom. The monoisotopic (exact) mass is 592 g/mol. The minimum absolute atomic E-state index is 0.230. The highest BCUT2D eigenvalue weighted by atomic mass is 35.5. The number of hydrogen-bond acceptors (Lipinski definition) is 1. The summed E-state index contributed by atoms with van der Waals surface area (Å²) in [5.74, 6) is -57.9. The average Bonchev–Trinajstić information content (AvgIpc) is 2.58. The molecular formula is C13H5ClF20O. The molecule has 0 atom stereocenters. The predicted molar refractivity (Wildman–Crippen MR) is 71.2 cm³/mol. The zero-order valence-electron chi connectivity index (χ0n) is 15.3. The van der Waals surface area contributed by atoms with Gasteiger partial charge in [-0.1, -0.05) is 6.08 Å². The second kappa shape index (κ2) is 8.57. The normalized spacial score (nSPS) is 16.5. The van der Waals surface area contributed by atoms with Crippen LogP contribution in [0.3, 0.4) is 0 Å². The second-order valence-corrected chi connectivity index (χ2v) is 6.75. The van der Waals surface area contributed by atoms with Crippen LogP contribution in [0.15, 0.2) is 12.7 Å². The first-order valence-corrected chi connectivity index (χ1v) is 7.92. The van der Waals surface area contributed by atoms with E-state index in [9.17, 15) is 87.8 Å². The first kappa shape index (κ1) is 33.6. The number of allylic oxidation sites excluding steroid dienone is 1. The van der Waals surface area contributed by atoms with Crippen molar-refractivity contribution in [1.82, 2.24) is 0 Å². The van der Waals surface area contributed by atoms with E-state index in [4.69, 9.17) is 0 Å². The fourth-order valence-electron chi connectivity index (χ4n) is 1.75. The van der Waals surface area contributed by atoms with E-state index in [0.29, 0.717) is 0 Å². The maximum atomic E-state index is 13.4. The van der Waals surface area contributed by atoms with Crippen molar-refractivity contribution in [1.29, 1.82) is 0 Å². The van der Waals surface area contributed by atoms with Gasteiger partial charge in [-0.2, -0.15) is 87.8 Å². The number of halogens is 21. The van der Waals surface area contributed by atoms with Crippen molar-refractivity contribution in [2.24, 2.45) is 0 Å². The number of alkyl halides is 21. The molecule has 0 aromatic rings. The van der Waals surface area contributed by atoms with Gasteiger partial charge in [-0.05, 0) is 11.6 Å². The van der Waals surface area contributed by atoms with Crippen molar-refractivity contribution in [2.45, 2.75) is 65.5 Å². The molecule has 0 bridgehead atoms. The summed E-state index contributed by atoms with van der Waals surface area (Å²) in [5, 5.41) is -7.00. The first-order chi connectivity index (χ1) is 14.8. The average molecular weight is 593 g/mol. The van der Waals surface area contributed by atoms with E-state index in [-0.39, 0.29) is 6.08 Å². The molecule has 0 N–H and O–H groups in total. The van der Waals surface area contributed by atoms with E-state index in [2.05, 4.69) is 18.2 Å². The van der Waals surface area contributed by atoms with E-state index in [1.165, 1.54) is 4.74 Å². The lowest BCUT2D eigenvalue weighted by Crippen LogP contribution is -2.74. The molecule has 0 aromatic heterocycles. The standard InChI is InChI=1S/C13H5ClF20O/c1-2-3-4(15,16)12(31,32)35-13(33,34)10(27,28)8(23,24)6(19,20)5(17,18)7(21,22)9(25,26)11(14,29)30/h2H,1,3H2. The number of rotatable bonds is 12. The van der Waals surface area contributed by atoms with Crippen LogP contribution in [0.2, 0.25) is 0 Å². The number of ether oxygens (including phenoxy) is 1. The lowest BCUT2D eigenvalue weighted by Gasteiger charge is -2.43. The van der Waals surface area contributed by atoms with Gasteiger partial charge < -0.3 is 0 Å². The van der Waals surface area contributed by atoms with Gasteiger partial charge in [-0.3, -0.25) is 0 Å². The highest BCUT2D eigenvalue weighted by Gasteiger charge is 2.95. The minimum atomic E-state index is -8.95. The molecule has 1 nitrogen and oxygen atoms in total. The van der Waals surface area contributed by atoms with Gasteiger partial charge in [0.1, 0.15) is 0 Å². The van der Waals surface area contributed by atoms with Crippen molar-refractivity contribution in [2.75, 3.05) is 0 Å². The summed E-state index contributed by atoms with van der Waals surface area (Å²) in [6.07, 6.45) is -17.8. The lowest BCUT2D eigenvalue weighted by molar-refractivity contribution is -0.508. The summed E-state index contributed by atoms with van der Waals surface area (Å²) in [6, 6.07) is 0. The van der Waals surface area contributed by atoms with Crippen molar-refractivity contribution < 1.29 is 92.5 Å². The fourth-order valence-corrected chi connectivity index (χ4v) is 1.87. The zero-order valence-corrected chi connectivity index (χ0v) is 16.1. The maximum Gasteiger partial charge on any atom is 0.430 e. The fraction of sp³-hybridized carbons (Fsp3) is 0.846. The van der Waals surface area contributed by atoms with Gasteiger partial charge in [0.25, 0.3) is 0 Å².